The SMILES string of the molecule is CCCOc1ccc(C(C(=O)OCC)C(C)C)cc1. The van der Waals surface area contributed by atoms with Crippen molar-refractivity contribution in [2.75, 3.05) is 13.2 Å². The Morgan fingerprint density at radius 2 is 1.79 bits per heavy atom. The summed E-state index contributed by atoms with van der Waals surface area (Å²) in [6.45, 7) is 9.09. The van der Waals surface area contributed by atoms with Crippen LogP contribution in [0.1, 0.15) is 45.6 Å². The molecule has 1 rings (SSSR count). The Morgan fingerprint density at radius 1 is 1.16 bits per heavy atom. The molecule has 0 saturated carbocycles. The Bertz CT molecular complexity index is 381. The molecule has 106 valence electrons. The van der Waals surface area contributed by atoms with E-state index in [4.69, 9.17) is 9.47 Å². The number of hydrogen-bond donors (Lipinski definition) is 0. The Hall–Kier alpha value is -1.51. The first-order valence-corrected chi connectivity index (χ1v) is 6.99. The number of hydrogen-bond acceptors (Lipinski definition) is 3. The molecule has 0 amide bonds. The molecule has 1 aromatic rings. The third-order valence-corrected chi connectivity index (χ3v) is 2.92. The molecule has 0 aliphatic carbocycles. The molecular weight excluding hydrogens is 240 g/mol. The molecule has 19 heavy (non-hydrogen) atoms. The highest BCUT2D eigenvalue weighted by molar-refractivity contribution is 5.78. The van der Waals surface area contributed by atoms with Gasteiger partial charge in [-0.05, 0) is 37.0 Å². The predicted molar refractivity (Wildman–Crippen MR) is 76.4 cm³/mol. The zero-order valence-corrected chi connectivity index (χ0v) is 12.3. The van der Waals surface area contributed by atoms with E-state index in [0.717, 1.165) is 17.7 Å². The molecule has 0 radical (unpaired) electrons. The van der Waals surface area contributed by atoms with Crippen LogP contribution in [0.5, 0.6) is 5.75 Å². The van der Waals surface area contributed by atoms with Gasteiger partial charge in [0.2, 0.25) is 0 Å². The lowest BCUT2D eigenvalue weighted by atomic mass is 9.88. The minimum Gasteiger partial charge on any atom is -0.494 e. The van der Waals surface area contributed by atoms with Crippen LogP contribution in [0.15, 0.2) is 24.3 Å². The van der Waals surface area contributed by atoms with Crippen molar-refractivity contribution < 1.29 is 14.3 Å². The van der Waals surface area contributed by atoms with Crippen LogP contribution in [-0.2, 0) is 9.53 Å². The lowest BCUT2D eigenvalue weighted by molar-refractivity contribution is -0.146. The second-order valence-corrected chi connectivity index (χ2v) is 4.89. The second kappa shape index (κ2) is 7.82. The normalized spacial score (nSPS) is 12.3. The van der Waals surface area contributed by atoms with Crippen LogP contribution in [0.2, 0.25) is 0 Å². The lowest BCUT2D eigenvalue weighted by Crippen LogP contribution is -2.20. The van der Waals surface area contributed by atoms with E-state index >= 15 is 0 Å². The van der Waals surface area contributed by atoms with Crippen LogP contribution < -0.4 is 4.74 Å². The molecule has 0 saturated heterocycles. The van der Waals surface area contributed by atoms with Gasteiger partial charge in [-0.1, -0.05) is 32.9 Å². The van der Waals surface area contributed by atoms with Crippen molar-refractivity contribution in [1.29, 1.82) is 0 Å². The molecule has 0 spiro atoms. The van der Waals surface area contributed by atoms with Gasteiger partial charge < -0.3 is 9.47 Å². The molecule has 0 aliphatic heterocycles. The number of benzene rings is 1. The quantitative estimate of drug-likeness (QED) is 0.703. The fraction of sp³-hybridized carbons (Fsp3) is 0.562. The van der Waals surface area contributed by atoms with Crippen molar-refractivity contribution in [3.05, 3.63) is 29.8 Å². The molecule has 0 bridgehead atoms. The molecule has 3 nitrogen and oxygen atoms in total. The molecule has 1 aromatic carbocycles. The highest BCUT2D eigenvalue weighted by Gasteiger charge is 2.25. The Balaban J connectivity index is 2.82. The number of esters is 1. The summed E-state index contributed by atoms with van der Waals surface area (Å²) in [5.41, 5.74) is 0.984. The molecule has 1 atom stereocenters. The summed E-state index contributed by atoms with van der Waals surface area (Å²) in [5, 5.41) is 0. The molecule has 0 N–H and O–H groups in total. The maximum Gasteiger partial charge on any atom is 0.313 e. The van der Waals surface area contributed by atoms with Gasteiger partial charge in [0.1, 0.15) is 5.75 Å². The largest absolute Gasteiger partial charge is 0.494 e. The molecule has 0 fully saturated rings. The third kappa shape index (κ3) is 4.58. The first-order valence-electron chi connectivity index (χ1n) is 6.99. The predicted octanol–water partition coefficient (Wildman–Crippen LogP) is 3.78. The summed E-state index contributed by atoms with van der Waals surface area (Å²) in [7, 11) is 0. The summed E-state index contributed by atoms with van der Waals surface area (Å²) in [5.74, 6) is 0.693. The zero-order valence-electron chi connectivity index (χ0n) is 12.3. The van der Waals surface area contributed by atoms with Crippen LogP contribution in [0.3, 0.4) is 0 Å². The molecule has 0 aromatic heterocycles. The lowest BCUT2D eigenvalue weighted by Gasteiger charge is -2.19. The molecule has 3 heteroatoms. The van der Waals surface area contributed by atoms with Gasteiger partial charge in [-0.3, -0.25) is 4.79 Å². The molecular formula is C16H24O3. The van der Waals surface area contributed by atoms with Crippen molar-refractivity contribution in [3.8, 4) is 5.75 Å². The van der Waals surface area contributed by atoms with Gasteiger partial charge in [-0.15, -0.1) is 0 Å². The van der Waals surface area contributed by atoms with E-state index in [1.807, 2.05) is 45.0 Å². The second-order valence-electron chi connectivity index (χ2n) is 4.89. The van der Waals surface area contributed by atoms with Gasteiger partial charge in [0.05, 0.1) is 19.1 Å². The van der Waals surface area contributed by atoms with Crippen molar-refractivity contribution in [2.45, 2.75) is 40.0 Å². The van der Waals surface area contributed by atoms with Gasteiger partial charge >= 0.3 is 5.97 Å². The van der Waals surface area contributed by atoms with Crippen molar-refractivity contribution in [3.63, 3.8) is 0 Å². The van der Waals surface area contributed by atoms with E-state index < -0.39 is 0 Å². The van der Waals surface area contributed by atoms with Crippen LogP contribution >= 0.6 is 0 Å². The number of carbonyl (C=O) groups is 1. The number of carbonyl (C=O) groups excluding carboxylic acids is 1. The molecule has 0 heterocycles. The fourth-order valence-electron chi connectivity index (χ4n) is 2.02. The average Bonchev–Trinajstić information content (AvgIpc) is 2.38. The van der Waals surface area contributed by atoms with Crippen molar-refractivity contribution in [1.82, 2.24) is 0 Å². The Morgan fingerprint density at radius 3 is 2.26 bits per heavy atom. The minimum atomic E-state index is -0.208. The van der Waals surface area contributed by atoms with Gasteiger partial charge in [-0.2, -0.15) is 0 Å². The summed E-state index contributed by atoms with van der Waals surface area (Å²) >= 11 is 0. The molecule has 1 unspecified atom stereocenters. The van der Waals surface area contributed by atoms with Crippen LogP contribution in [0.4, 0.5) is 0 Å². The smallest absolute Gasteiger partial charge is 0.313 e. The van der Waals surface area contributed by atoms with E-state index in [9.17, 15) is 4.79 Å². The molecule has 0 aliphatic rings. The zero-order chi connectivity index (χ0) is 14.3. The van der Waals surface area contributed by atoms with Crippen molar-refractivity contribution >= 4 is 5.97 Å². The van der Waals surface area contributed by atoms with Crippen LogP contribution in [0, 0.1) is 5.92 Å². The van der Waals surface area contributed by atoms with E-state index in [-0.39, 0.29) is 17.8 Å². The fourth-order valence-corrected chi connectivity index (χ4v) is 2.02. The Labute approximate surface area is 115 Å². The highest BCUT2D eigenvalue weighted by atomic mass is 16.5. The Kier molecular flexibility index (Phi) is 6.40. The monoisotopic (exact) mass is 264 g/mol. The number of rotatable bonds is 7. The summed E-state index contributed by atoms with van der Waals surface area (Å²) < 4.78 is 10.7. The van der Waals surface area contributed by atoms with Crippen LogP contribution in [-0.4, -0.2) is 19.2 Å². The van der Waals surface area contributed by atoms with Gasteiger partial charge in [0.15, 0.2) is 0 Å². The van der Waals surface area contributed by atoms with E-state index in [0.29, 0.717) is 13.2 Å². The first kappa shape index (κ1) is 15.5. The summed E-state index contributed by atoms with van der Waals surface area (Å²) in [6, 6.07) is 7.73. The summed E-state index contributed by atoms with van der Waals surface area (Å²) in [6.07, 6.45) is 0.985. The minimum absolute atomic E-state index is 0.153. The maximum atomic E-state index is 12.0. The standard InChI is InChI=1S/C16H24O3/c1-5-11-19-14-9-7-13(8-10-14)15(12(3)4)16(17)18-6-2/h7-10,12,15H,5-6,11H2,1-4H3. The van der Waals surface area contributed by atoms with Crippen LogP contribution in [0.25, 0.3) is 0 Å². The highest BCUT2D eigenvalue weighted by Crippen LogP contribution is 2.27. The average molecular weight is 264 g/mol. The van der Waals surface area contributed by atoms with Gasteiger partial charge in [0, 0.05) is 0 Å². The summed E-state index contributed by atoms with van der Waals surface area (Å²) in [4.78, 5) is 12.0. The number of ether oxygens (including phenoxy) is 2. The topological polar surface area (TPSA) is 35.5 Å². The van der Waals surface area contributed by atoms with Crippen molar-refractivity contribution in [2.24, 2.45) is 5.92 Å². The van der Waals surface area contributed by atoms with E-state index in [2.05, 4.69) is 6.92 Å². The van der Waals surface area contributed by atoms with Gasteiger partial charge in [0.25, 0.3) is 0 Å². The van der Waals surface area contributed by atoms with E-state index in [1.165, 1.54) is 0 Å². The maximum absolute atomic E-state index is 12.0. The third-order valence-electron chi connectivity index (χ3n) is 2.92. The first-order chi connectivity index (χ1) is 9.10. The van der Waals surface area contributed by atoms with E-state index in [1.54, 1.807) is 0 Å². The van der Waals surface area contributed by atoms with Gasteiger partial charge in [-0.25, -0.2) is 0 Å².